The Balaban J connectivity index is 1.39. The zero-order chi connectivity index (χ0) is 28.6. The van der Waals surface area contributed by atoms with Crippen LogP contribution in [0.15, 0.2) is 83.8 Å². The Labute approximate surface area is 241 Å². The average Bonchev–Trinajstić information content (AvgIpc) is 3.13. The molecule has 6 rings (SSSR count). The summed E-state index contributed by atoms with van der Waals surface area (Å²) >= 11 is 0. The minimum Gasteiger partial charge on any atom is -0.355 e. The fourth-order valence-electron chi connectivity index (χ4n) is 5.36. The zero-order valence-electron chi connectivity index (χ0n) is 23.7. The third kappa shape index (κ3) is 5.47. The van der Waals surface area contributed by atoms with E-state index in [2.05, 4.69) is 36.1 Å². The van der Waals surface area contributed by atoms with Crippen molar-refractivity contribution in [2.24, 2.45) is 0 Å². The molecule has 1 fully saturated rings. The molecule has 3 aromatic carbocycles. The van der Waals surface area contributed by atoms with Crippen LogP contribution in [0, 0.1) is 20.8 Å². The first-order valence-corrected chi connectivity index (χ1v) is 15.4. The van der Waals surface area contributed by atoms with E-state index in [1.165, 1.54) is 5.56 Å². The Hall–Kier alpha value is -4.08. The molecular weight excluding hydrogens is 532 g/mol. The lowest BCUT2D eigenvalue weighted by molar-refractivity contribution is 0.433. The van der Waals surface area contributed by atoms with Gasteiger partial charge in [-0.05, 0) is 57.0 Å². The molecule has 0 bridgehead atoms. The molecular formula is C32H34N6O2S. The molecule has 0 amide bonds. The van der Waals surface area contributed by atoms with Crippen molar-refractivity contribution < 1.29 is 8.42 Å². The predicted molar refractivity (Wildman–Crippen MR) is 162 cm³/mol. The van der Waals surface area contributed by atoms with Crippen LogP contribution in [0.2, 0.25) is 0 Å². The fourth-order valence-corrected chi connectivity index (χ4v) is 6.83. The van der Waals surface area contributed by atoms with Crippen molar-refractivity contribution in [2.75, 3.05) is 31.1 Å². The third-order valence-electron chi connectivity index (χ3n) is 7.63. The number of aromatic nitrogens is 4. The number of sulfonamides is 1. The van der Waals surface area contributed by atoms with Crippen molar-refractivity contribution in [1.29, 1.82) is 0 Å². The summed E-state index contributed by atoms with van der Waals surface area (Å²) in [6, 6.07) is 25.5. The lowest BCUT2D eigenvalue weighted by Crippen LogP contribution is -2.35. The number of hydrogen-bond donors (Lipinski definition) is 0. The van der Waals surface area contributed by atoms with Gasteiger partial charge >= 0.3 is 0 Å². The molecule has 0 atom stereocenters. The molecule has 5 aromatic rings. The second kappa shape index (κ2) is 11.1. The van der Waals surface area contributed by atoms with E-state index < -0.39 is 10.0 Å². The zero-order valence-corrected chi connectivity index (χ0v) is 24.5. The van der Waals surface area contributed by atoms with Crippen LogP contribution in [0.25, 0.3) is 16.7 Å². The van der Waals surface area contributed by atoms with Crippen LogP contribution in [0.1, 0.15) is 34.6 Å². The van der Waals surface area contributed by atoms with Gasteiger partial charge < -0.3 is 4.90 Å². The minimum absolute atomic E-state index is 0.335. The second-order valence-electron chi connectivity index (χ2n) is 10.7. The van der Waals surface area contributed by atoms with Gasteiger partial charge in [-0.2, -0.15) is 9.40 Å². The summed E-state index contributed by atoms with van der Waals surface area (Å²) in [6.45, 7) is 8.06. The van der Waals surface area contributed by atoms with Crippen LogP contribution < -0.4 is 4.90 Å². The largest absolute Gasteiger partial charge is 0.355 e. The Bertz CT molecular complexity index is 1780. The highest BCUT2D eigenvalue weighted by molar-refractivity contribution is 7.89. The van der Waals surface area contributed by atoms with Gasteiger partial charge in [0.1, 0.15) is 11.6 Å². The lowest BCUT2D eigenvalue weighted by Gasteiger charge is -2.24. The molecule has 0 spiro atoms. The molecule has 1 aliphatic heterocycles. The quantitative estimate of drug-likeness (QED) is 0.280. The van der Waals surface area contributed by atoms with Crippen molar-refractivity contribution in [3.63, 3.8) is 0 Å². The third-order valence-corrected chi connectivity index (χ3v) is 9.54. The summed E-state index contributed by atoms with van der Waals surface area (Å²) in [4.78, 5) is 12.7. The number of nitrogens with zero attached hydrogens (tertiary/aromatic N) is 6. The van der Waals surface area contributed by atoms with Crippen LogP contribution in [0.4, 0.5) is 5.82 Å². The SMILES string of the molecule is Cc1ccc(Cc2nc(N3CCCN(S(=O)(=O)c4ccc(C)cc4)CC3)c3c(C)nn(-c4ccccc4)c3n2)cc1. The van der Waals surface area contributed by atoms with Gasteiger partial charge in [-0.1, -0.05) is 65.7 Å². The summed E-state index contributed by atoms with van der Waals surface area (Å²) in [5.74, 6) is 1.52. The molecule has 41 heavy (non-hydrogen) atoms. The summed E-state index contributed by atoms with van der Waals surface area (Å²) in [7, 11) is -3.59. The Kier molecular flexibility index (Phi) is 7.32. The first kappa shape index (κ1) is 27.1. The van der Waals surface area contributed by atoms with Gasteiger partial charge in [0.15, 0.2) is 5.65 Å². The molecule has 210 valence electrons. The number of benzene rings is 3. The topological polar surface area (TPSA) is 84.2 Å². The highest BCUT2D eigenvalue weighted by Crippen LogP contribution is 2.31. The second-order valence-corrected chi connectivity index (χ2v) is 12.7. The van der Waals surface area contributed by atoms with E-state index in [0.29, 0.717) is 49.7 Å². The van der Waals surface area contributed by atoms with Gasteiger partial charge in [-0.25, -0.2) is 23.1 Å². The number of aryl methyl sites for hydroxylation is 3. The molecule has 0 N–H and O–H groups in total. The Morgan fingerprint density at radius 3 is 2.15 bits per heavy atom. The Morgan fingerprint density at radius 2 is 1.44 bits per heavy atom. The van der Waals surface area contributed by atoms with E-state index in [-0.39, 0.29) is 0 Å². The summed E-state index contributed by atoms with van der Waals surface area (Å²) < 4.78 is 30.4. The van der Waals surface area contributed by atoms with Gasteiger partial charge in [0, 0.05) is 32.6 Å². The molecule has 1 aliphatic rings. The summed E-state index contributed by atoms with van der Waals surface area (Å²) in [6.07, 6.45) is 1.28. The average molecular weight is 567 g/mol. The fraction of sp³-hybridized carbons (Fsp3) is 0.281. The van der Waals surface area contributed by atoms with Gasteiger partial charge in [-0.3, -0.25) is 0 Å². The molecule has 9 heteroatoms. The maximum absolute atomic E-state index is 13.5. The highest BCUT2D eigenvalue weighted by Gasteiger charge is 2.29. The monoisotopic (exact) mass is 566 g/mol. The molecule has 0 aliphatic carbocycles. The van der Waals surface area contributed by atoms with E-state index in [9.17, 15) is 8.42 Å². The summed E-state index contributed by atoms with van der Waals surface area (Å²) in [5, 5.41) is 5.78. The molecule has 0 unspecified atom stereocenters. The smallest absolute Gasteiger partial charge is 0.243 e. The molecule has 1 saturated heterocycles. The number of hydrogen-bond acceptors (Lipinski definition) is 6. The molecule has 0 saturated carbocycles. The molecule has 2 aromatic heterocycles. The number of rotatable bonds is 6. The van der Waals surface area contributed by atoms with E-state index in [1.807, 2.05) is 61.0 Å². The number of para-hydroxylation sites is 1. The van der Waals surface area contributed by atoms with Gasteiger partial charge in [0.25, 0.3) is 0 Å². The maximum atomic E-state index is 13.5. The number of fused-ring (bicyclic) bond motifs is 1. The normalized spacial score (nSPS) is 14.9. The lowest BCUT2D eigenvalue weighted by atomic mass is 10.1. The van der Waals surface area contributed by atoms with Gasteiger partial charge in [0.05, 0.1) is 21.7 Å². The first-order chi connectivity index (χ1) is 19.8. The van der Waals surface area contributed by atoms with Crippen molar-refractivity contribution in [3.05, 3.63) is 107 Å². The number of anilines is 1. The van der Waals surface area contributed by atoms with Crippen molar-refractivity contribution in [1.82, 2.24) is 24.1 Å². The molecule has 3 heterocycles. The Morgan fingerprint density at radius 1 is 0.756 bits per heavy atom. The van der Waals surface area contributed by atoms with E-state index >= 15 is 0 Å². The van der Waals surface area contributed by atoms with Crippen LogP contribution in [-0.2, 0) is 16.4 Å². The van der Waals surface area contributed by atoms with Crippen LogP contribution in [0.5, 0.6) is 0 Å². The standard InChI is InChI=1S/C32H34N6O2S/c1-23-10-14-26(15-11-23)22-29-33-31(30-25(3)35-38(32(30)34-29)27-8-5-4-6-9-27)36-18-7-19-37(21-20-36)41(39,40)28-16-12-24(2)13-17-28/h4-6,8-17H,7,18-22H2,1-3H3. The predicted octanol–water partition coefficient (Wildman–Crippen LogP) is 5.23. The first-order valence-electron chi connectivity index (χ1n) is 14.0. The molecule has 8 nitrogen and oxygen atoms in total. The van der Waals surface area contributed by atoms with Crippen LogP contribution in [-0.4, -0.2) is 58.7 Å². The van der Waals surface area contributed by atoms with Crippen LogP contribution >= 0.6 is 0 Å². The van der Waals surface area contributed by atoms with E-state index in [0.717, 1.165) is 39.4 Å². The maximum Gasteiger partial charge on any atom is 0.243 e. The van der Waals surface area contributed by atoms with Crippen LogP contribution in [0.3, 0.4) is 0 Å². The van der Waals surface area contributed by atoms with Crippen molar-refractivity contribution in [2.45, 2.75) is 38.5 Å². The minimum atomic E-state index is -3.59. The van der Waals surface area contributed by atoms with Gasteiger partial charge in [-0.15, -0.1) is 0 Å². The summed E-state index contributed by atoms with van der Waals surface area (Å²) in [5.41, 5.74) is 5.91. The highest BCUT2D eigenvalue weighted by atomic mass is 32.2. The molecule has 0 radical (unpaired) electrons. The van der Waals surface area contributed by atoms with Gasteiger partial charge in [0.2, 0.25) is 10.0 Å². The van der Waals surface area contributed by atoms with Crippen molar-refractivity contribution in [3.8, 4) is 5.69 Å². The van der Waals surface area contributed by atoms with E-state index in [4.69, 9.17) is 15.1 Å². The van der Waals surface area contributed by atoms with Crippen molar-refractivity contribution >= 4 is 26.9 Å². The van der Waals surface area contributed by atoms with E-state index in [1.54, 1.807) is 16.4 Å².